The standard InChI is InChI=1S/C9H18N2O2/c1-5-11(6-2)9(12)13-8-7-10(3)4/h1-2,5-8H2,3-4H3. The SMILES string of the molecule is [CH2]CN(C[CH2])C(=O)OCCN(C)C. The molecule has 76 valence electrons. The van der Waals surface area contributed by atoms with Gasteiger partial charge in [-0.05, 0) is 27.9 Å². The molecular weight excluding hydrogens is 168 g/mol. The molecule has 0 aromatic carbocycles. The average Bonchev–Trinajstić information content (AvgIpc) is 2.05. The van der Waals surface area contributed by atoms with Gasteiger partial charge in [-0.2, -0.15) is 0 Å². The fourth-order valence-corrected chi connectivity index (χ4v) is 0.701. The third kappa shape index (κ3) is 5.47. The molecule has 0 saturated heterocycles. The molecule has 0 aromatic heterocycles. The first-order valence-electron chi connectivity index (χ1n) is 4.26. The lowest BCUT2D eigenvalue weighted by molar-refractivity contribution is 0.103. The highest BCUT2D eigenvalue weighted by Gasteiger charge is 2.09. The van der Waals surface area contributed by atoms with Crippen LogP contribution in [-0.4, -0.2) is 56.2 Å². The first-order valence-corrected chi connectivity index (χ1v) is 4.26. The van der Waals surface area contributed by atoms with E-state index in [-0.39, 0.29) is 6.09 Å². The fraction of sp³-hybridized carbons (Fsp3) is 0.667. The normalized spacial score (nSPS) is 10.2. The quantitative estimate of drug-likeness (QED) is 0.632. The second-order valence-electron chi connectivity index (χ2n) is 2.90. The Labute approximate surface area is 80.5 Å². The number of ether oxygens (including phenoxy) is 1. The fourth-order valence-electron chi connectivity index (χ4n) is 0.701. The van der Waals surface area contributed by atoms with Crippen molar-refractivity contribution in [3.63, 3.8) is 0 Å². The number of amides is 1. The smallest absolute Gasteiger partial charge is 0.409 e. The van der Waals surface area contributed by atoms with E-state index in [0.717, 1.165) is 6.54 Å². The third-order valence-corrected chi connectivity index (χ3v) is 1.56. The Hall–Kier alpha value is -0.770. The predicted octanol–water partition coefficient (Wildman–Crippen LogP) is 0.655. The molecule has 0 aliphatic carbocycles. The van der Waals surface area contributed by atoms with Crippen LogP contribution in [0.15, 0.2) is 0 Å². The summed E-state index contributed by atoms with van der Waals surface area (Å²) in [5.74, 6) is 0. The van der Waals surface area contributed by atoms with Crippen molar-refractivity contribution in [3.05, 3.63) is 13.8 Å². The molecule has 13 heavy (non-hydrogen) atoms. The number of hydrogen-bond acceptors (Lipinski definition) is 3. The van der Waals surface area contributed by atoms with Crippen molar-refractivity contribution >= 4 is 6.09 Å². The number of rotatable bonds is 5. The minimum atomic E-state index is -0.341. The summed E-state index contributed by atoms with van der Waals surface area (Å²) in [6, 6.07) is 0. The van der Waals surface area contributed by atoms with Crippen molar-refractivity contribution in [1.82, 2.24) is 9.80 Å². The van der Waals surface area contributed by atoms with Crippen molar-refractivity contribution in [2.45, 2.75) is 0 Å². The van der Waals surface area contributed by atoms with E-state index in [1.54, 1.807) is 0 Å². The van der Waals surface area contributed by atoms with Crippen molar-refractivity contribution in [2.75, 3.05) is 40.3 Å². The summed E-state index contributed by atoms with van der Waals surface area (Å²) in [6.45, 7) is 9.11. The van der Waals surface area contributed by atoms with Crippen molar-refractivity contribution in [3.8, 4) is 0 Å². The lowest BCUT2D eigenvalue weighted by atomic mass is 10.5. The molecule has 0 N–H and O–H groups in total. The second kappa shape index (κ2) is 6.71. The Kier molecular flexibility index (Phi) is 6.32. The molecule has 2 radical (unpaired) electrons. The summed E-state index contributed by atoms with van der Waals surface area (Å²) in [5.41, 5.74) is 0. The molecule has 0 unspecified atom stereocenters. The molecule has 1 amide bonds. The lowest BCUT2D eigenvalue weighted by Crippen LogP contribution is -2.33. The second-order valence-corrected chi connectivity index (χ2v) is 2.90. The van der Waals surface area contributed by atoms with Crippen LogP contribution in [0, 0.1) is 13.8 Å². The first kappa shape index (κ1) is 12.2. The minimum absolute atomic E-state index is 0.341. The highest BCUT2D eigenvalue weighted by Crippen LogP contribution is 1.92. The molecule has 0 saturated carbocycles. The summed E-state index contributed by atoms with van der Waals surface area (Å²) < 4.78 is 4.96. The van der Waals surface area contributed by atoms with Crippen LogP contribution in [0.4, 0.5) is 4.79 Å². The van der Waals surface area contributed by atoms with Gasteiger partial charge in [-0.3, -0.25) is 0 Å². The predicted molar refractivity (Wildman–Crippen MR) is 52.2 cm³/mol. The van der Waals surface area contributed by atoms with E-state index in [2.05, 4.69) is 13.8 Å². The minimum Gasteiger partial charge on any atom is -0.448 e. The molecular formula is C9H18N2O2. The molecule has 0 aliphatic heterocycles. The van der Waals surface area contributed by atoms with Gasteiger partial charge in [-0.1, -0.05) is 0 Å². The zero-order chi connectivity index (χ0) is 10.3. The van der Waals surface area contributed by atoms with Gasteiger partial charge < -0.3 is 14.5 Å². The summed E-state index contributed by atoms with van der Waals surface area (Å²) in [5, 5.41) is 0. The molecule has 0 aliphatic rings. The van der Waals surface area contributed by atoms with Gasteiger partial charge in [-0.25, -0.2) is 4.79 Å². The van der Waals surface area contributed by atoms with E-state index in [4.69, 9.17) is 4.74 Å². The van der Waals surface area contributed by atoms with Gasteiger partial charge in [0.2, 0.25) is 0 Å². The van der Waals surface area contributed by atoms with Crippen molar-refractivity contribution in [1.29, 1.82) is 0 Å². The van der Waals surface area contributed by atoms with Crippen LogP contribution in [0.1, 0.15) is 0 Å². The topological polar surface area (TPSA) is 32.8 Å². The monoisotopic (exact) mass is 186 g/mol. The van der Waals surface area contributed by atoms with Crippen molar-refractivity contribution < 1.29 is 9.53 Å². The van der Waals surface area contributed by atoms with E-state index in [1.165, 1.54) is 4.90 Å². The van der Waals surface area contributed by atoms with Crippen LogP contribution in [0.5, 0.6) is 0 Å². The summed E-state index contributed by atoms with van der Waals surface area (Å²) in [4.78, 5) is 14.6. The third-order valence-electron chi connectivity index (χ3n) is 1.56. The molecule has 4 nitrogen and oxygen atoms in total. The summed E-state index contributed by atoms with van der Waals surface area (Å²) >= 11 is 0. The Morgan fingerprint density at radius 3 is 2.23 bits per heavy atom. The van der Waals surface area contributed by atoms with E-state index in [0.29, 0.717) is 19.7 Å². The van der Waals surface area contributed by atoms with Gasteiger partial charge in [0.1, 0.15) is 6.61 Å². The summed E-state index contributed by atoms with van der Waals surface area (Å²) in [7, 11) is 3.85. The lowest BCUT2D eigenvalue weighted by Gasteiger charge is -2.18. The Morgan fingerprint density at radius 2 is 1.85 bits per heavy atom. The number of carbonyl (C=O) groups excluding carboxylic acids is 1. The van der Waals surface area contributed by atoms with Gasteiger partial charge >= 0.3 is 6.09 Å². The van der Waals surface area contributed by atoms with Gasteiger partial charge in [-0.15, -0.1) is 0 Å². The van der Waals surface area contributed by atoms with Gasteiger partial charge in [0.05, 0.1) is 0 Å². The van der Waals surface area contributed by atoms with Crippen LogP contribution in [0.2, 0.25) is 0 Å². The highest BCUT2D eigenvalue weighted by molar-refractivity contribution is 5.67. The molecule has 0 aromatic rings. The van der Waals surface area contributed by atoms with E-state index in [1.807, 2.05) is 19.0 Å². The van der Waals surface area contributed by atoms with Crippen LogP contribution >= 0.6 is 0 Å². The highest BCUT2D eigenvalue weighted by atomic mass is 16.6. The van der Waals surface area contributed by atoms with Gasteiger partial charge in [0.15, 0.2) is 0 Å². The van der Waals surface area contributed by atoms with Crippen LogP contribution in [0.25, 0.3) is 0 Å². The zero-order valence-electron chi connectivity index (χ0n) is 8.45. The van der Waals surface area contributed by atoms with Crippen molar-refractivity contribution in [2.24, 2.45) is 0 Å². The number of likely N-dealkylation sites (N-methyl/N-ethyl adjacent to an activating group) is 1. The van der Waals surface area contributed by atoms with E-state index in [9.17, 15) is 4.79 Å². The molecule has 4 heteroatoms. The summed E-state index contributed by atoms with van der Waals surface area (Å²) in [6.07, 6.45) is -0.341. The maximum atomic E-state index is 11.2. The largest absolute Gasteiger partial charge is 0.448 e. The first-order chi connectivity index (χ1) is 6.11. The maximum Gasteiger partial charge on any atom is 0.409 e. The molecule has 0 heterocycles. The molecule has 0 spiro atoms. The molecule has 0 fully saturated rings. The number of hydrogen-bond donors (Lipinski definition) is 0. The van der Waals surface area contributed by atoms with Crippen LogP contribution < -0.4 is 0 Å². The molecule has 0 atom stereocenters. The van der Waals surface area contributed by atoms with Crippen LogP contribution in [0.3, 0.4) is 0 Å². The molecule has 0 bridgehead atoms. The Balaban J connectivity index is 3.60. The van der Waals surface area contributed by atoms with E-state index < -0.39 is 0 Å². The zero-order valence-corrected chi connectivity index (χ0v) is 8.45. The average molecular weight is 186 g/mol. The number of carbonyl (C=O) groups is 1. The Morgan fingerprint density at radius 1 is 1.31 bits per heavy atom. The number of nitrogens with zero attached hydrogens (tertiary/aromatic N) is 2. The van der Waals surface area contributed by atoms with E-state index >= 15 is 0 Å². The van der Waals surface area contributed by atoms with Crippen LogP contribution in [-0.2, 0) is 4.74 Å². The van der Waals surface area contributed by atoms with Gasteiger partial charge in [0.25, 0.3) is 0 Å². The van der Waals surface area contributed by atoms with Gasteiger partial charge in [0, 0.05) is 19.6 Å². The molecule has 0 rings (SSSR count). The maximum absolute atomic E-state index is 11.2. The Bertz CT molecular complexity index is 145.